The Balaban J connectivity index is 1.47. The molecule has 3 heterocycles. The lowest BCUT2D eigenvalue weighted by atomic mass is 10.2. The minimum absolute atomic E-state index is 0.150. The molecule has 0 atom stereocenters. The Morgan fingerprint density at radius 3 is 2.40 bits per heavy atom. The van der Waals surface area contributed by atoms with Crippen LogP contribution in [0.5, 0.6) is 5.75 Å². The summed E-state index contributed by atoms with van der Waals surface area (Å²) < 4.78 is 33.1. The van der Waals surface area contributed by atoms with E-state index in [2.05, 4.69) is 4.90 Å². The molecular formula is C20H25N3O4S3. The number of anilines is 1. The van der Waals surface area contributed by atoms with Crippen LogP contribution in [0, 0.1) is 0 Å². The Kier molecular flexibility index (Phi) is 6.57. The number of carbonyl (C=O) groups excluding carboxylic acids is 1. The van der Waals surface area contributed by atoms with E-state index < -0.39 is 10.0 Å². The molecule has 0 spiro atoms. The van der Waals surface area contributed by atoms with Gasteiger partial charge in [0, 0.05) is 50.8 Å². The topological polar surface area (TPSA) is 70.2 Å². The molecule has 10 heteroatoms. The normalized spacial score (nSPS) is 18.4. The van der Waals surface area contributed by atoms with Crippen molar-refractivity contribution < 1.29 is 17.9 Å². The second kappa shape index (κ2) is 9.17. The highest BCUT2D eigenvalue weighted by Gasteiger charge is 2.33. The summed E-state index contributed by atoms with van der Waals surface area (Å²) in [7, 11) is -1.99. The van der Waals surface area contributed by atoms with Crippen LogP contribution in [-0.2, 0) is 10.0 Å². The van der Waals surface area contributed by atoms with E-state index in [1.54, 1.807) is 35.2 Å². The average molecular weight is 468 g/mol. The second-order valence-corrected chi connectivity index (χ2v) is 11.1. The third kappa shape index (κ3) is 4.18. The SMILES string of the molecule is COc1ccccc1N1CCN(C(=O)c2sccc2S(=O)(=O)N2CCSCC2)CC1. The van der Waals surface area contributed by atoms with Gasteiger partial charge in [-0.1, -0.05) is 12.1 Å². The summed E-state index contributed by atoms with van der Waals surface area (Å²) in [6.07, 6.45) is 0. The fraction of sp³-hybridized carbons (Fsp3) is 0.450. The summed E-state index contributed by atoms with van der Waals surface area (Å²) in [6.45, 7) is 3.40. The van der Waals surface area contributed by atoms with Crippen LogP contribution in [0.15, 0.2) is 40.6 Å². The standard InChI is InChI=1S/C20H25N3O4S3/c1-27-17-5-3-2-4-16(17)21-7-9-22(10-8-21)20(24)19-18(6-13-29-19)30(25,26)23-11-14-28-15-12-23/h2-6,13H,7-12,14-15H2,1H3. The highest BCUT2D eigenvalue weighted by molar-refractivity contribution is 7.99. The molecule has 1 aromatic heterocycles. The van der Waals surface area contributed by atoms with Crippen LogP contribution in [0.25, 0.3) is 0 Å². The van der Waals surface area contributed by atoms with Crippen molar-refractivity contribution in [1.82, 2.24) is 9.21 Å². The number of thiophene rings is 1. The van der Waals surface area contributed by atoms with E-state index in [-0.39, 0.29) is 10.8 Å². The molecule has 1 aromatic carbocycles. The van der Waals surface area contributed by atoms with Gasteiger partial charge in [0.25, 0.3) is 5.91 Å². The molecule has 2 aliphatic heterocycles. The maximum atomic E-state index is 13.2. The molecule has 4 rings (SSSR count). The van der Waals surface area contributed by atoms with E-state index in [4.69, 9.17) is 4.74 Å². The van der Waals surface area contributed by atoms with Crippen molar-refractivity contribution in [2.75, 3.05) is 62.8 Å². The first-order valence-corrected chi connectivity index (χ1v) is 13.3. The molecule has 0 unspecified atom stereocenters. The first kappa shape index (κ1) is 21.5. The number of amides is 1. The van der Waals surface area contributed by atoms with Crippen molar-refractivity contribution in [1.29, 1.82) is 0 Å². The lowest BCUT2D eigenvalue weighted by Crippen LogP contribution is -2.49. The molecule has 30 heavy (non-hydrogen) atoms. The maximum absolute atomic E-state index is 13.2. The number of methoxy groups -OCH3 is 1. The van der Waals surface area contributed by atoms with Gasteiger partial charge in [-0.3, -0.25) is 4.79 Å². The van der Waals surface area contributed by atoms with E-state index in [1.807, 2.05) is 24.3 Å². The molecule has 0 bridgehead atoms. The first-order chi connectivity index (χ1) is 14.5. The van der Waals surface area contributed by atoms with Gasteiger partial charge in [-0.2, -0.15) is 16.1 Å². The molecule has 2 saturated heterocycles. The number of ether oxygens (including phenoxy) is 1. The van der Waals surface area contributed by atoms with Gasteiger partial charge in [-0.15, -0.1) is 11.3 Å². The zero-order valence-corrected chi connectivity index (χ0v) is 19.3. The van der Waals surface area contributed by atoms with Gasteiger partial charge in [-0.05, 0) is 23.6 Å². The third-order valence-electron chi connectivity index (χ3n) is 5.40. The van der Waals surface area contributed by atoms with Crippen molar-refractivity contribution in [3.05, 3.63) is 40.6 Å². The smallest absolute Gasteiger partial charge is 0.265 e. The average Bonchev–Trinajstić information content (AvgIpc) is 3.30. The summed E-state index contributed by atoms with van der Waals surface area (Å²) in [4.78, 5) is 17.6. The number of thioether (sulfide) groups is 1. The van der Waals surface area contributed by atoms with Gasteiger partial charge in [-0.25, -0.2) is 8.42 Å². The van der Waals surface area contributed by atoms with Crippen LogP contribution in [0.2, 0.25) is 0 Å². The Hall–Kier alpha value is -1.75. The number of hydrogen-bond acceptors (Lipinski definition) is 7. The van der Waals surface area contributed by atoms with E-state index >= 15 is 0 Å². The highest BCUT2D eigenvalue weighted by Crippen LogP contribution is 2.31. The molecule has 1 amide bonds. The van der Waals surface area contributed by atoms with Crippen molar-refractivity contribution in [2.24, 2.45) is 0 Å². The summed E-state index contributed by atoms with van der Waals surface area (Å²) in [5.74, 6) is 2.19. The van der Waals surface area contributed by atoms with Crippen molar-refractivity contribution >= 4 is 44.7 Å². The molecule has 162 valence electrons. The number of nitrogens with zero attached hydrogens (tertiary/aromatic N) is 3. The summed E-state index contributed by atoms with van der Waals surface area (Å²) in [5.41, 5.74) is 1.01. The second-order valence-electron chi connectivity index (χ2n) is 7.08. The van der Waals surface area contributed by atoms with Gasteiger partial charge in [0.1, 0.15) is 15.5 Å². The Bertz CT molecular complexity index is 994. The number of piperazine rings is 1. The first-order valence-electron chi connectivity index (χ1n) is 9.85. The minimum atomic E-state index is -3.64. The van der Waals surface area contributed by atoms with Crippen molar-refractivity contribution in [2.45, 2.75) is 4.90 Å². The van der Waals surface area contributed by atoms with Crippen LogP contribution in [0.3, 0.4) is 0 Å². The Labute approximate surface area is 185 Å². The molecule has 2 aliphatic rings. The molecule has 0 N–H and O–H groups in total. The number of benzene rings is 1. The van der Waals surface area contributed by atoms with E-state index in [1.165, 1.54) is 15.6 Å². The van der Waals surface area contributed by atoms with Crippen molar-refractivity contribution in [3.8, 4) is 5.75 Å². The number of rotatable bonds is 5. The van der Waals surface area contributed by atoms with Gasteiger partial charge in [0.05, 0.1) is 12.8 Å². The lowest BCUT2D eigenvalue weighted by Gasteiger charge is -2.36. The third-order valence-corrected chi connectivity index (χ3v) is 9.32. The van der Waals surface area contributed by atoms with Gasteiger partial charge < -0.3 is 14.5 Å². The number of hydrogen-bond donors (Lipinski definition) is 0. The Morgan fingerprint density at radius 2 is 1.70 bits per heavy atom. The summed E-state index contributed by atoms with van der Waals surface area (Å²) in [5, 5.41) is 1.70. The van der Waals surface area contributed by atoms with Crippen LogP contribution >= 0.6 is 23.1 Å². The van der Waals surface area contributed by atoms with E-state index in [9.17, 15) is 13.2 Å². The monoisotopic (exact) mass is 467 g/mol. The lowest BCUT2D eigenvalue weighted by molar-refractivity contribution is 0.0748. The molecule has 2 aromatic rings. The molecule has 0 radical (unpaired) electrons. The fourth-order valence-corrected chi connectivity index (χ4v) is 7.71. The fourth-order valence-electron chi connectivity index (χ4n) is 3.77. The van der Waals surface area contributed by atoms with Crippen molar-refractivity contribution in [3.63, 3.8) is 0 Å². The highest BCUT2D eigenvalue weighted by atomic mass is 32.2. The van der Waals surface area contributed by atoms with E-state index in [0.29, 0.717) is 44.1 Å². The number of carbonyl (C=O) groups is 1. The molecule has 7 nitrogen and oxygen atoms in total. The van der Waals surface area contributed by atoms with Crippen LogP contribution in [-0.4, -0.2) is 81.4 Å². The zero-order valence-electron chi connectivity index (χ0n) is 16.8. The molecular weight excluding hydrogens is 442 g/mol. The van der Waals surface area contributed by atoms with Gasteiger partial charge in [0.15, 0.2) is 0 Å². The van der Waals surface area contributed by atoms with Crippen LogP contribution < -0.4 is 9.64 Å². The summed E-state index contributed by atoms with van der Waals surface area (Å²) in [6, 6.07) is 9.41. The van der Waals surface area contributed by atoms with Crippen LogP contribution in [0.1, 0.15) is 9.67 Å². The maximum Gasteiger partial charge on any atom is 0.265 e. The van der Waals surface area contributed by atoms with Crippen LogP contribution in [0.4, 0.5) is 5.69 Å². The van der Waals surface area contributed by atoms with E-state index in [0.717, 1.165) is 22.9 Å². The molecule has 0 saturated carbocycles. The quantitative estimate of drug-likeness (QED) is 0.673. The largest absolute Gasteiger partial charge is 0.495 e. The predicted molar refractivity (Wildman–Crippen MR) is 122 cm³/mol. The Morgan fingerprint density at radius 1 is 1.00 bits per heavy atom. The van der Waals surface area contributed by atoms with Gasteiger partial charge in [0.2, 0.25) is 10.0 Å². The van der Waals surface area contributed by atoms with Gasteiger partial charge >= 0.3 is 0 Å². The number of para-hydroxylation sites is 2. The molecule has 2 fully saturated rings. The minimum Gasteiger partial charge on any atom is -0.495 e. The molecule has 0 aliphatic carbocycles. The number of sulfonamides is 1. The summed E-state index contributed by atoms with van der Waals surface area (Å²) >= 11 is 2.96. The zero-order chi connectivity index (χ0) is 21.1. The predicted octanol–water partition coefficient (Wildman–Crippen LogP) is 2.46.